The van der Waals surface area contributed by atoms with Crippen LogP contribution >= 0.6 is 0 Å². The number of carboxylic acids is 1. The summed E-state index contributed by atoms with van der Waals surface area (Å²) in [6, 6.07) is 17.4. The predicted molar refractivity (Wildman–Crippen MR) is 125 cm³/mol. The molecule has 0 saturated heterocycles. The molecule has 7 nitrogen and oxygen atoms in total. The van der Waals surface area contributed by atoms with Crippen LogP contribution in [-0.2, 0) is 16.1 Å². The van der Waals surface area contributed by atoms with Crippen LogP contribution in [-0.4, -0.2) is 26.8 Å². The third kappa shape index (κ3) is 5.14. The van der Waals surface area contributed by atoms with Gasteiger partial charge < -0.3 is 15.2 Å². The highest BCUT2D eigenvalue weighted by Crippen LogP contribution is 2.29. The van der Waals surface area contributed by atoms with E-state index in [0.717, 1.165) is 22.8 Å². The average molecular weight is 446 g/mol. The molecule has 0 fully saturated rings. The predicted octanol–water partition coefficient (Wildman–Crippen LogP) is 4.95. The van der Waals surface area contributed by atoms with Gasteiger partial charge in [0.1, 0.15) is 11.5 Å². The first-order valence-corrected chi connectivity index (χ1v) is 11.0. The van der Waals surface area contributed by atoms with Crippen molar-refractivity contribution in [3.8, 4) is 11.5 Å². The lowest BCUT2D eigenvalue weighted by Crippen LogP contribution is -2.35. The van der Waals surface area contributed by atoms with E-state index in [2.05, 4.69) is 10.4 Å². The van der Waals surface area contributed by atoms with Crippen LogP contribution in [0.15, 0.2) is 66.7 Å². The quantitative estimate of drug-likeness (QED) is 0.502. The van der Waals surface area contributed by atoms with Crippen molar-refractivity contribution in [2.24, 2.45) is 11.8 Å². The minimum atomic E-state index is -0.943. The molecule has 4 rings (SSSR count). The number of aryl methyl sites for hydroxylation is 1. The molecule has 1 aliphatic carbocycles. The third-order valence-corrected chi connectivity index (χ3v) is 5.93. The zero-order valence-corrected chi connectivity index (χ0v) is 18.7. The van der Waals surface area contributed by atoms with Gasteiger partial charge in [0.2, 0.25) is 5.91 Å². The molecule has 0 saturated carbocycles. The molecule has 2 N–H and O–H groups in total. The van der Waals surface area contributed by atoms with Crippen LogP contribution in [0.2, 0.25) is 0 Å². The fourth-order valence-corrected chi connectivity index (χ4v) is 4.13. The van der Waals surface area contributed by atoms with Gasteiger partial charge in [-0.05, 0) is 56.5 Å². The number of para-hydroxylation sites is 1. The Morgan fingerprint density at radius 3 is 2.45 bits per heavy atom. The van der Waals surface area contributed by atoms with Crippen LogP contribution in [0.4, 0.5) is 5.69 Å². The molecule has 0 bridgehead atoms. The summed E-state index contributed by atoms with van der Waals surface area (Å²) in [5.41, 5.74) is 3.15. The second-order valence-corrected chi connectivity index (χ2v) is 8.25. The summed E-state index contributed by atoms with van der Waals surface area (Å²) in [6.45, 7) is 4.25. The van der Waals surface area contributed by atoms with Gasteiger partial charge in [-0.15, -0.1) is 0 Å². The van der Waals surface area contributed by atoms with Crippen LogP contribution in [0.25, 0.3) is 0 Å². The number of carbonyl (C=O) groups excluding carboxylic acids is 1. The van der Waals surface area contributed by atoms with Gasteiger partial charge >= 0.3 is 5.97 Å². The number of rotatable bonds is 7. The van der Waals surface area contributed by atoms with Gasteiger partial charge in [0.15, 0.2) is 0 Å². The molecule has 0 unspecified atom stereocenters. The summed E-state index contributed by atoms with van der Waals surface area (Å²) < 4.78 is 7.76. The Hall–Kier alpha value is -3.87. The summed E-state index contributed by atoms with van der Waals surface area (Å²) in [4.78, 5) is 24.5. The van der Waals surface area contributed by atoms with E-state index in [4.69, 9.17) is 4.74 Å². The number of hydrogen-bond acceptors (Lipinski definition) is 4. The molecule has 0 radical (unpaired) electrons. The van der Waals surface area contributed by atoms with Crippen LogP contribution < -0.4 is 10.1 Å². The number of hydrogen-bond donors (Lipinski definition) is 2. The molecule has 1 aromatic heterocycles. The smallest absolute Gasteiger partial charge is 0.307 e. The highest BCUT2D eigenvalue weighted by molar-refractivity contribution is 5.96. The molecule has 2 aromatic carbocycles. The first-order valence-electron chi connectivity index (χ1n) is 11.0. The number of carboxylic acid groups (broad SMARTS) is 1. The minimum Gasteiger partial charge on any atom is -0.481 e. The number of aliphatic carboxylic acids is 1. The lowest BCUT2D eigenvalue weighted by molar-refractivity contribution is -0.146. The Morgan fingerprint density at radius 2 is 1.73 bits per heavy atom. The number of benzene rings is 2. The summed E-state index contributed by atoms with van der Waals surface area (Å²) in [5.74, 6) is -1.03. The minimum absolute atomic E-state index is 0.282. The molecule has 7 heteroatoms. The second-order valence-electron chi connectivity index (χ2n) is 8.25. The van der Waals surface area contributed by atoms with E-state index in [1.807, 2.05) is 85.3 Å². The first-order chi connectivity index (χ1) is 15.9. The van der Waals surface area contributed by atoms with Gasteiger partial charge in [-0.2, -0.15) is 5.10 Å². The maximum Gasteiger partial charge on any atom is 0.307 e. The molecule has 33 heavy (non-hydrogen) atoms. The Balaban J connectivity index is 1.49. The van der Waals surface area contributed by atoms with E-state index in [9.17, 15) is 14.7 Å². The van der Waals surface area contributed by atoms with Gasteiger partial charge in [0.05, 0.1) is 35.5 Å². The van der Waals surface area contributed by atoms with E-state index in [1.165, 1.54) is 0 Å². The van der Waals surface area contributed by atoms with E-state index >= 15 is 0 Å². The summed E-state index contributed by atoms with van der Waals surface area (Å²) in [6.07, 6.45) is 4.49. The molecule has 1 heterocycles. The number of ether oxygens (including phenoxy) is 1. The highest BCUT2D eigenvalue weighted by Gasteiger charge is 2.34. The van der Waals surface area contributed by atoms with Crippen molar-refractivity contribution in [2.45, 2.75) is 33.2 Å². The normalized spacial score (nSPS) is 17.5. The number of carbonyl (C=O) groups is 2. The van der Waals surface area contributed by atoms with E-state index in [0.29, 0.717) is 30.8 Å². The number of nitrogens with one attached hydrogen (secondary N) is 1. The molecule has 170 valence electrons. The van der Waals surface area contributed by atoms with Crippen LogP contribution in [0.1, 0.15) is 29.8 Å². The van der Waals surface area contributed by atoms with Gasteiger partial charge in [-0.25, -0.2) is 0 Å². The summed E-state index contributed by atoms with van der Waals surface area (Å²) >= 11 is 0. The largest absolute Gasteiger partial charge is 0.481 e. The molecular weight excluding hydrogens is 418 g/mol. The van der Waals surface area contributed by atoms with Crippen LogP contribution in [0, 0.1) is 25.7 Å². The molecule has 3 aromatic rings. The van der Waals surface area contributed by atoms with Crippen molar-refractivity contribution in [2.75, 3.05) is 5.32 Å². The topological polar surface area (TPSA) is 93.5 Å². The monoisotopic (exact) mass is 445 g/mol. The molecule has 1 aliphatic rings. The van der Waals surface area contributed by atoms with Gasteiger partial charge in [-0.3, -0.25) is 14.3 Å². The number of nitrogens with zero attached hydrogens (tertiary/aromatic N) is 2. The van der Waals surface area contributed by atoms with E-state index in [1.54, 1.807) is 0 Å². The maximum atomic E-state index is 12.9. The van der Waals surface area contributed by atoms with Gasteiger partial charge in [-0.1, -0.05) is 42.5 Å². The van der Waals surface area contributed by atoms with Gasteiger partial charge in [0, 0.05) is 0 Å². The molecule has 0 aliphatic heterocycles. The second kappa shape index (κ2) is 9.73. The van der Waals surface area contributed by atoms with Gasteiger partial charge in [0.25, 0.3) is 0 Å². The summed E-state index contributed by atoms with van der Waals surface area (Å²) in [7, 11) is 0. The standard InChI is InChI=1S/C26H27N3O4/c1-17-24(27-25(30)22-13-6-7-14-23(22)26(31)32)18(2)29(28-17)16-19-9-8-12-21(15-19)33-20-10-4-3-5-11-20/h3-12,15,22-23H,13-14,16H2,1-2H3,(H,27,30)(H,31,32)/t22-,23-/m0/s1. The first kappa shape index (κ1) is 22.3. The molecule has 2 atom stereocenters. The Morgan fingerprint density at radius 1 is 1.03 bits per heavy atom. The lowest BCUT2D eigenvalue weighted by Gasteiger charge is -2.24. The summed E-state index contributed by atoms with van der Waals surface area (Å²) in [5, 5.41) is 17.0. The number of aromatic nitrogens is 2. The Bertz CT molecular complexity index is 1180. The number of anilines is 1. The molecule has 0 spiro atoms. The number of allylic oxidation sites excluding steroid dienone is 2. The van der Waals surface area contributed by atoms with E-state index < -0.39 is 17.8 Å². The molecular formula is C26H27N3O4. The van der Waals surface area contributed by atoms with Crippen LogP contribution in [0.3, 0.4) is 0 Å². The van der Waals surface area contributed by atoms with E-state index in [-0.39, 0.29) is 5.91 Å². The maximum absolute atomic E-state index is 12.9. The zero-order chi connectivity index (χ0) is 23.4. The lowest BCUT2D eigenvalue weighted by atomic mass is 9.82. The van der Waals surface area contributed by atoms with Crippen molar-refractivity contribution >= 4 is 17.6 Å². The highest BCUT2D eigenvalue weighted by atomic mass is 16.5. The van der Waals surface area contributed by atoms with Crippen molar-refractivity contribution in [3.63, 3.8) is 0 Å². The third-order valence-electron chi connectivity index (χ3n) is 5.93. The zero-order valence-electron chi connectivity index (χ0n) is 18.7. The van der Waals surface area contributed by atoms with Crippen molar-refractivity contribution in [1.29, 1.82) is 0 Å². The Kier molecular flexibility index (Phi) is 6.58. The fourth-order valence-electron chi connectivity index (χ4n) is 4.13. The SMILES string of the molecule is Cc1nn(Cc2cccc(Oc3ccccc3)c2)c(C)c1NC(=O)[C@H]1CC=CC[C@@H]1C(=O)O. The van der Waals surface area contributed by atoms with Crippen LogP contribution in [0.5, 0.6) is 11.5 Å². The fraction of sp³-hybridized carbons (Fsp3) is 0.269. The van der Waals surface area contributed by atoms with Crippen molar-refractivity contribution in [3.05, 3.63) is 83.7 Å². The van der Waals surface area contributed by atoms with Crippen molar-refractivity contribution in [1.82, 2.24) is 9.78 Å². The number of amides is 1. The average Bonchev–Trinajstić information content (AvgIpc) is 3.07. The Labute approximate surface area is 192 Å². The molecule has 1 amide bonds. The van der Waals surface area contributed by atoms with Crippen molar-refractivity contribution < 1.29 is 19.4 Å².